The van der Waals surface area contributed by atoms with Gasteiger partial charge in [-0.2, -0.15) is 0 Å². The molecular formula is C19H18N4OS2. The van der Waals surface area contributed by atoms with Crippen molar-refractivity contribution < 1.29 is 0 Å². The van der Waals surface area contributed by atoms with Crippen LogP contribution in [0.15, 0.2) is 52.4 Å². The summed E-state index contributed by atoms with van der Waals surface area (Å²) in [5.74, 6) is 1.30. The molecule has 4 rings (SSSR count). The lowest BCUT2D eigenvalue weighted by Crippen LogP contribution is -2.21. The normalized spacial score (nSPS) is 11.5. The van der Waals surface area contributed by atoms with E-state index >= 15 is 0 Å². The molecular weight excluding hydrogens is 364 g/mol. The Hall–Kier alpha value is -2.38. The first-order valence-electron chi connectivity index (χ1n) is 8.21. The number of thioether (sulfide) groups is 1. The van der Waals surface area contributed by atoms with E-state index in [1.165, 1.54) is 0 Å². The smallest absolute Gasteiger partial charge is 0.268 e. The van der Waals surface area contributed by atoms with Gasteiger partial charge in [-0.1, -0.05) is 42.1 Å². The van der Waals surface area contributed by atoms with Crippen molar-refractivity contribution in [3.8, 4) is 5.69 Å². The second kappa shape index (κ2) is 6.41. The van der Waals surface area contributed by atoms with Gasteiger partial charge in [-0.25, -0.2) is 8.97 Å². The van der Waals surface area contributed by atoms with Gasteiger partial charge in [0, 0.05) is 10.6 Å². The molecule has 4 aromatic rings. The zero-order chi connectivity index (χ0) is 18.4. The van der Waals surface area contributed by atoms with E-state index in [-0.39, 0.29) is 5.56 Å². The van der Waals surface area contributed by atoms with Crippen molar-refractivity contribution in [2.75, 3.05) is 5.75 Å². The standard InChI is InChI=1S/C19H18N4OS2/c1-11(2)10-25-19-21-20-18-22(14-8-6-5-7-9-14)16(24)15-12(3)13(4)26-17(15)23(18)19/h5-9H,1,10H2,2-4H3. The average molecular weight is 383 g/mol. The Labute approximate surface area is 159 Å². The van der Waals surface area contributed by atoms with Crippen LogP contribution < -0.4 is 5.56 Å². The number of nitrogens with zero attached hydrogens (tertiary/aromatic N) is 4. The maximum absolute atomic E-state index is 13.3. The van der Waals surface area contributed by atoms with E-state index < -0.39 is 0 Å². The van der Waals surface area contributed by atoms with Gasteiger partial charge >= 0.3 is 0 Å². The maximum atomic E-state index is 13.3. The predicted molar refractivity (Wildman–Crippen MR) is 109 cm³/mol. The van der Waals surface area contributed by atoms with Crippen LogP contribution >= 0.6 is 23.1 Å². The molecule has 26 heavy (non-hydrogen) atoms. The zero-order valence-electron chi connectivity index (χ0n) is 14.8. The first kappa shape index (κ1) is 17.1. The topological polar surface area (TPSA) is 52.2 Å². The summed E-state index contributed by atoms with van der Waals surface area (Å²) in [5, 5.41) is 10.2. The van der Waals surface area contributed by atoms with Gasteiger partial charge in [-0.3, -0.25) is 4.79 Å². The number of fused-ring (bicyclic) bond motifs is 3. The van der Waals surface area contributed by atoms with Crippen LogP contribution in [-0.2, 0) is 0 Å². The summed E-state index contributed by atoms with van der Waals surface area (Å²) < 4.78 is 3.65. The van der Waals surface area contributed by atoms with Crippen molar-refractivity contribution in [1.82, 2.24) is 19.2 Å². The van der Waals surface area contributed by atoms with Crippen molar-refractivity contribution in [2.45, 2.75) is 25.9 Å². The average Bonchev–Trinajstić information content (AvgIpc) is 3.16. The van der Waals surface area contributed by atoms with Gasteiger partial charge < -0.3 is 0 Å². The van der Waals surface area contributed by atoms with E-state index in [0.717, 1.165) is 42.8 Å². The molecule has 7 heteroatoms. The van der Waals surface area contributed by atoms with Crippen LogP contribution in [0.1, 0.15) is 17.4 Å². The molecule has 0 atom stereocenters. The molecule has 3 heterocycles. The Balaban J connectivity index is 2.14. The van der Waals surface area contributed by atoms with Crippen LogP contribution in [0.25, 0.3) is 21.7 Å². The molecule has 0 saturated carbocycles. The number of aryl methyl sites for hydroxylation is 2. The fourth-order valence-corrected chi connectivity index (χ4v) is 4.88. The summed E-state index contributed by atoms with van der Waals surface area (Å²) in [6.45, 7) is 10.0. The Morgan fingerprint density at radius 3 is 2.65 bits per heavy atom. The van der Waals surface area contributed by atoms with Crippen LogP contribution in [0.2, 0.25) is 0 Å². The molecule has 0 aliphatic carbocycles. The Bertz CT molecular complexity index is 1200. The molecule has 0 bridgehead atoms. The van der Waals surface area contributed by atoms with E-state index in [1.54, 1.807) is 27.7 Å². The van der Waals surface area contributed by atoms with Crippen molar-refractivity contribution in [2.24, 2.45) is 0 Å². The summed E-state index contributed by atoms with van der Waals surface area (Å²) in [5.41, 5.74) is 2.82. The largest absolute Gasteiger partial charge is 0.268 e. The minimum absolute atomic E-state index is 0.0515. The molecule has 0 unspecified atom stereocenters. The quantitative estimate of drug-likeness (QED) is 0.388. The van der Waals surface area contributed by atoms with Crippen LogP contribution in [0, 0.1) is 13.8 Å². The van der Waals surface area contributed by atoms with E-state index in [9.17, 15) is 4.79 Å². The van der Waals surface area contributed by atoms with Gasteiger partial charge in [-0.05, 0) is 38.5 Å². The van der Waals surface area contributed by atoms with Crippen molar-refractivity contribution in [1.29, 1.82) is 0 Å². The SMILES string of the molecule is C=C(C)CSc1nnc2n(-c3ccccc3)c(=O)c3c(C)c(C)sc3n12. The highest BCUT2D eigenvalue weighted by Gasteiger charge is 2.21. The molecule has 3 aromatic heterocycles. The number of benzene rings is 1. The summed E-state index contributed by atoms with van der Waals surface area (Å²) in [4.78, 5) is 15.4. The number of para-hydroxylation sites is 1. The van der Waals surface area contributed by atoms with E-state index in [1.807, 2.05) is 55.5 Å². The zero-order valence-corrected chi connectivity index (χ0v) is 16.4. The fourth-order valence-electron chi connectivity index (χ4n) is 2.90. The Morgan fingerprint density at radius 1 is 1.23 bits per heavy atom. The molecule has 5 nitrogen and oxygen atoms in total. The minimum Gasteiger partial charge on any atom is -0.268 e. The molecule has 0 spiro atoms. The van der Waals surface area contributed by atoms with Crippen LogP contribution in [-0.4, -0.2) is 24.9 Å². The molecule has 1 aromatic carbocycles. The molecule has 132 valence electrons. The van der Waals surface area contributed by atoms with Crippen LogP contribution in [0.5, 0.6) is 0 Å². The summed E-state index contributed by atoms with van der Waals surface area (Å²) in [7, 11) is 0. The van der Waals surface area contributed by atoms with Gasteiger partial charge in [0.1, 0.15) is 4.83 Å². The number of thiophene rings is 1. The minimum atomic E-state index is -0.0515. The molecule has 0 fully saturated rings. The third-order valence-corrected chi connectivity index (χ3v) is 6.62. The van der Waals surface area contributed by atoms with Gasteiger partial charge in [-0.15, -0.1) is 21.5 Å². The highest BCUT2D eigenvalue weighted by Crippen LogP contribution is 2.31. The predicted octanol–water partition coefficient (Wildman–Crippen LogP) is 4.38. The first-order chi connectivity index (χ1) is 12.5. The van der Waals surface area contributed by atoms with Gasteiger partial charge in [0.05, 0.1) is 11.1 Å². The molecule has 0 N–H and O–H groups in total. The summed E-state index contributed by atoms with van der Waals surface area (Å²) in [6, 6.07) is 9.60. The van der Waals surface area contributed by atoms with Crippen molar-refractivity contribution in [3.05, 3.63) is 63.3 Å². The van der Waals surface area contributed by atoms with Crippen molar-refractivity contribution in [3.63, 3.8) is 0 Å². The fraction of sp³-hybridized carbons (Fsp3) is 0.211. The lowest BCUT2D eigenvalue weighted by atomic mass is 10.2. The van der Waals surface area contributed by atoms with Gasteiger partial charge in [0.15, 0.2) is 5.16 Å². The van der Waals surface area contributed by atoms with Gasteiger partial charge in [0.2, 0.25) is 5.78 Å². The maximum Gasteiger partial charge on any atom is 0.268 e. The molecule has 0 radical (unpaired) electrons. The second-order valence-electron chi connectivity index (χ2n) is 6.30. The molecule has 0 aliphatic heterocycles. The first-order valence-corrected chi connectivity index (χ1v) is 10.0. The van der Waals surface area contributed by atoms with Gasteiger partial charge in [0.25, 0.3) is 5.56 Å². The highest BCUT2D eigenvalue weighted by molar-refractivity contribution is 7.99. The van der Waals surface area contributed by atoms with E-state index in [0.29, 0.717) is 5.78 Å². The number of aromatic nitrogens is 4. The number of rotatable bonds is 4. The van der Waals surface area contributed by atoms with E-state index in [2.05, 4.69) is 16.8 Å². The second-order valence-corrected chi connectivity index (χ2v) is 8.45. The van der Waals surface area contributed by atoms with Crippen LogP contribution in [0.3, 0.4) is 0 Å². The molecule has 0 aliphatic rings. The Morgan fingerprint density at radius 2 is 1.96 bits per heavy atom. The molecule has 0 saturated heterocycles. The summed E-state index contributed by atoms with van der Waals surface area (Å²) in [6.07, 6.45) is 0. The third kappa shape index (κ3) is 2.59. The lowest BCUT2D eigenvalue weighted by Gasteiger charge is -2.09. The molecule has 0 amide bonds. The number of hydrogen-bond donors (Lipinski definition) is 0. The van der Waals surface area contributed by atoms with Crippen LogP contribution in [0.4, 0.5) is 0 Å². The highest BCUT2D eigenvalue weighted by atomic mass is 32.2. The van der Waals surface area contributed by atoms with E-state index in [4.69, 9.17) is 0 Å². The Kier molecular flexibility index (Phi) is 4.20. The monoisotopic (exact) mass is 382 g/mol. The van der Waals surface area contributed by atoms with Crippen molar-refractivity contribution >= 4 is 39.1 Å². The summed E-state index contributed by atoms with van der Waals surface area (Å²) >= 11 is 3.20. The lowest BCUT2D eigenvalue weighted by molar-refractivity contribution is 0.937. The number of hydrogen-bond acceptors (Lipinski definition) is 5. The third-order valence-electron chi connectivity index (χ3n) is 4.27.